The number of nitrogens with one attached hydrogen (secondary N) is 1. The van der Waals surface area contributed by atoms with Gasteiger partial charge in [0.1, 0.15) is 11.5 Å². The first-order valence-electron chi connectivity index (χ1n) is 8.26. The van der Waals surface area contributed by atoms with Gasteiger partial charge >= 0.3 is 0 Å². The molecule has 2 aromatic heterocycles. The minimum atomic E-state index is -0.354. The molecule has 0 unspecified atom stereocenters. The normalized spacial score (nSPS) is 11.1. The third-order valence-corrected chi connectivity index (χ3v) is 4.89. The molecule has 0 fully saturated rings. The van der Waals surface area contributed by atoms with Crippen molar-refractivity contribution < 1.29 is 9.18 Å². The monoisotopic (exact) mass is 391 g/mol. The average molecular weight is 392 g/mol. The summed E-state index contributed by atoms with van der Waals surface area (Å²) in [6, 6.07) is 6.12. The summed E-state index contributed by atoms with van der Waals surface area (Å²) < 4.78 is 15.4. The van der Waals surface area contributed by atoms with Crippen LogP contribution in [-0.4, -0.2) is 15.5 Å². The van der Waals surface area contributed by atoms with E-state index in [0.717, 1.165) is 12.0 Å². The van der Waals surface area contributed by atoms with Gasteiger partial charge in [0.25, 0.3) is 5.91 Å². The molecule has 1 amide bonds. The highest BCUT2D eigenvalue weighted by Gasteiger charge is 2.17. The van der Waals surface area contributed by atoms with E-state index in [-0.39, 0.29) is 11.7 Å². The van der Waals surface area contributed by atoms with E-state index < -0.39 is 0 Å². The highest BCUT2D eigenvalue weighted by Crippen LogP contribution is 2.22. The standard InChI is InChI=1S/C19H19ClFN3OS/c1-12(2)7-13-8-17(18(25)23-19-22-5-6-26-19)24(10-13)11-14-9-15(21)3-4-16(14)20/h3-6,8-10,12H,7,11H2,1-2H3,(H,22,23,25). The summed E-state index contributed by atoms with van der Waals surface area (Å²) in [4.78, 5) is 16.8. The number of halogens is 2. The molecule has 136 valence electrons. The number of nitrogens with zero attached hydrogens (tertiary/aromatic N) is 2. The van der Waals surface area contributed by atoms with Crippen molar-refractivity contribution in [2.45, 2.75) is 26.8 Å². The fourth-order valence-corrected chi connectivity index (χ4v) is 3.47. The summed E-state index contributed by atoms with van der Waals surface area (Å²) in [7, 11) is 0. The van der Waals surface area contributed by atoms with Crippen LogP contribution in [0.2, 0.25) is 5.02 Å². The van der Waals surface area contributed by atoms with Crippen LogP contribution in [0.25, 0.3) is 0 Å². The van der Waals surface area contributed by atoms with E-state index in [9.17, 15) is 9.18 Å². The van der Waals surface area contributed by atoms with Crippen molar-refractivity contribution in [3.63, 3.8) is 0 Å². The van der Waals surface area contributed by atoms with Crippen LogP contribution in [0.5, 0.6) is 0 Å². The van der Waals surface area contributed by atoms with Crippen LogP contribution < -0.4 is 5.32 Å². The summed E-state index contributed by atoms with van der Waals surface area (Å²) in [5.41, 5.74) is 2.18. The van der Waals surface area contributed by atoms with Gasteiger partial charge in [-0.05, 0) is 47.7 Å². The van der Waals surface area contributed by atoms with Crippen LogP contribution in [0.3, 0.4) is 0 Å². The number of carbonyl (C=O) groups is 1. The summed E-state index contributed by atoms with van der Waals surface area (Å²) in [6.07, 6.45) is 4.41. The molecule has 0 aliphatic rings. The SMILES string of the molecule is CC(C)Cc1cc(C(=O)Nc2nccs2)n(Cc2cc(F)ccc2Cl)c1. The van der Waals surface area contributed by atoms with Gasteiger partial charge in [0.2, 0.25) is 0 Å². The van der Waals surface area contributed by atoms with Crippen molar-refractivity contribution in [2.75, 3.05) is 5.32 Å². The lowest BCUT2D eigenvalue weighted by atomic mass is 10.1. The maximum absolute atomic E-state index is 13.6. The van der Waals surface area contributed by atoms with Crippen molar-refractivity contribution in [3.8, 4) is 0 Å². The fourth-order valence-electron chi connectivity index (χ4n) is 2.77. The Kier molecular flexibility index (Phi) is 5.74. The molecule has 7 heteroatoms. The number of thiazole rings is 1. The number of hydrogen-bond acceptors (Lipinski definition) is 3. The minimum Gasteiger partial charge on any atom is -0.339 e. The smallest absolute Gasteiger partial charge is 0.274 e. The lowest BCUT2D eigenvalue weighted by molar-refractivity contribution is 0.101. The first-order valence-corrected chi connectivity index (χ1v) is 9.52. The van der Waals surface area contributed by atoms with Crippen LogP contribution in [0.15, 0.2) is 42.0 Å². The first kappa shape index (κ1) is 18.6. The predicted octanol–water partition coefficient (Wildman–Crippen LogP) is 5.24. The second-order valence-corrected chi connectivity index (χ2v) is 7.79. The van der Waals surface area contributed by atoms with E-state index in [1.165, 1.54) is 29.5 Å². The van der Waals surface area contributed by atoms with Crippen LogP contribution >= 0.6 is 22.9 Å². The number of aromatic nitrogens is 2. The fraction of sp³-hybridized carbons (Fsp3) is 0.263. The molecule has 0 bridgehead atoms. The van der Waals surface area contributed by atoms with Gasteiger partial charge < -0.3 is 4.57 Å². The molecule has 0 aliphatic carbocycles. The highest BCUT2D eigenvalue weighted by atomic mass is 35.5. The van der Waals surface area contributed by atoms with Gasteiger partial charge in [-0.15, -0.1) is 11.3 Å². The van der Waals surface area contributed by atoms with E-state index in [4.69, 9.17) is 11.6 Å². The van der Waals surface area contributed by atoms with Crippen LogP contribution in [0.4, 0.5) is 9.52 Å². The molecule has 3 rings (SSSR count). The topological polar surface area (TPSA) is 46.9 Å². The second-order valence-electron chi connectivity index (χ2n) is 6.49. The summed E-state index contributed by atoms with van der Waals surface area (Å²) in [6.45, 7) is 4.56. The zero-order valence-electron chi connectivity index (χ0n) is 14.5. The molecule has 0 radical (unpaired) electrons. The van der Waals surface area contributed by atoms with E-state index in [2.05, 4.69) is 24.1 Å². The zero-order valence-corrected chi connectivity index (χ0v) is 16.1. The average Bonchev–Trinajstić information content (AvgIpc) is 3.20. The van der Waals surface area contributed by atoms with Crippen LogP contribution in [-0.2, 0) is 13.0 Å². The number of hydrogen-bond donors (Lipinski definition) is 1. The number of anilines is 1. The van der Waals surface area contributed by atoms with Crippen molar-refractivity contribution in [3.05, 3.63) is 69.7 Å². The van der Waals surface area contributed by atoms with Gasteiger partial charge in [0, 0.05) is 29.3 Å². The van der Waals surface area contributed by atoms with Crippen molar-refractivity contribution in [1.29, 1.82) is 0 Å². The Morgan fingerprint density at radius 1 is 1.38 bits per heavy atom. The van der Waals surface area contributed by atoms with Crippen molar-refractivity contribution in [2.24, 2.45) is 5.92 Å². The van der Waals surface area contributed by atoms with Gasteiger partial charge in [0.05, 0.1) is 0 Å². The number of amides is 1. The Labute approximate surface area is 160 Å². The summed E-state index contributed by atoms with van der Waals surface area (Å²) in [5.74, 6) is -0.145. The lowest BCUT2D eigenvalue weighted by Gasteiger charge is -2.10. The molecule has 0 spiro atoms. The first-order chi connectivity index (χ1) is 12.4. The lowest BCUT2D eigenvalue weighted by Crippen LogP contribution is -2.17. The Morgan fingerprint density at radius 3 is 2.88 bits per heavy atom. The minimum absolute atomic E-state index is 0.248. The molecule has 4 nitrogen and oxygen atoms in total. The van der Waals surface area contributed by atoms with E-state index in [1.807, 2.05) is 12.3 Å². The molecule has 1 N–H and O–H groups in total. The maximum atomic E-state index is 13.6. The molecule has 0 atom stereocenters. The van der Waals surface area contributed by atoms with Gasteiger partial charge in [0.15, 0.2) is 5.13 Å². The Hall–Kier alpha value is -2.18. The van der Waals surface area contributed by atoms with Crippen molar-refractivity contribution in [1.82, 2.24) is 9.55 Å². The number of carbonyl (C=O) groups excluding carboxylic acids is 1. The Bertz CT molecular complexity index is 906. The van der Waals surface area contributed by atoms with Gasteiger partial charge in [-0.25, -0.2) is 9.37 Å². The molecule has 0 saturated heterocycles. The largest absolute Gasteiger partial charge is 0.339 e. The van der Waals surface area contributed by atoms with Crippen LogP contribution in [0.1, 0.15) is 35.5 Å². The Morgan fingerprint density at radius 2 is 2.19 bits per heavy atom. The maximum Gasteiger partial charge on any atom is 0.274 e. The quantitative estimate of drug-likeness (QED) is 0.624. The molecular formula is C19H19ClFN3OS. The Balaban J connectivity index is 1.92. The van der Waals surface area contributed by atoms with Crippen molar-refractivity contribution >= 4 is 34.0 Å². The second kappa shape index (κ2) is 8.01. The van der Waals surface area contributed by atoms with Gasteiger partial charge in [-0.3, -0.25) is 10.1 Å². The van der Waals surface area contributed by atoms with Gasteiger partial charge in [-0.2, -0.15) is 0 Å². The molecule has 0 aliphatic heterocycles. The summed E-state index contributed by atoms with van der Waals surface area (Å²) in [5, 5.41) is 5.60. The molecular weight excluding hydrogens is 373 g/mol. The number of rotatable bonds is 6. The molecule has 26 heavy (non-hydrogen) atoms. The zero-order chi connectivity index (χ0) is 18.7. The third kappa shape index (κ3) is 4.51. The molecule has 0 saturated carbocycles. The predicted molar refractivity (Wildman–Crippen MR) is 104 cm³/mol. The van der Waals surface area contributed by atoms with E-state index >= 15 is 0 Å². The van der Waals surface area contributed by atoms with Gasteiger partial charge in [-0.1, -0.05) is 25.4 Å². The highest BCUT2D eigenvalue weighted by molar-refractivity contribution is 7.13. The molecule has 2 heterocycles. The van der Waals surface area contributed by atoms with Crippen LogP contribution in [0, 0.1) is 11.7 Å². The number of benzene rings is 1. The summed E-state index contributed by atoms with van der Waals surface area (Å²) >= 11 is 7.55. The molecule has 3 aromatic rings. The van der Waals surface area contributed by atoms with E-state index in [0.29, 0.717) is 33.9 Å². The third-order valence-electron chi connectivity index (χ3n) is 3.83. The molecule has 1 aromatic carbocycles. The van der Waals surface area contributed by atoms with E-state index in [1.54, 1.807) is 16.1 Å².